The zero-order valence-corrected chi connectivity index (χ0v) is 22.1. The zero-order chi connectivity index (χ0) is 27.2. The van der Waals surface area contributed by atoms with E-state index in [1.807, 2.05) is 36.7 Å². The van der Waals surface area contributed by atoms with Crippen molar-refractivity contribution >= 4 is 32.7 Å². The predicted octanol–water partition coefficient (Wildman–Crippen LogP) is 9.12. The second-order valence-corrected chi connectivity index (χ2v) is 10.2. The van der Waals surface area contributed by atoms with Gasteiger partial charge >= 0.3 is 0 Å². The van der Waals surface area contributed by atoms with Crippen molar-refractivity contribution in [3.8, 4) is 39.5 Å². The van der Waals surface area contributed by atoms with Gasteiger partial charge in [-0.15, -0.1) is 0 Å². The fourth-order valence-electron chi connectivity index (χ4n) is 5.73. The lowest BCUT2D eigenvalue weighted by Crippen LogP contribution is -1.96. The number of rotatable bonds is 4. The Hall–Kier alpha value is -5.61. The molecule has 0 saturated carbocycles. The lowest BCUT2D eigenvalue weighted by Gasteiger charge is -2.13. The van der Waals surface area contributed by atoms with Gasteiger partial charge in [-0.1, -0.05) is 72.8 Å². The van der Waals surface area contributed by atoms with E-state index in [0.717, 1.165) is 61.4 Å². The molecule has 8 aromatic rings. The summed E-state index contributed by atoms with van der Waals surface area (Å²) < 4.78 is 2.29. The molecule has 4 nitrogen and oxygen atoms in total. The summed E-state index contributed by atoms with van der Waals surface area (Å²) in [7, 11) is 0. The van der Waals surface area contributed by atoms with Crippen LogP contribution in [-0.2, 0) is 0 Å². The number of fused-ring (bicyclic) bond motifs is 4. The molecule has 192 valence electrons. The minimum absolute atomic E-state index is 0.845. The molecule has 0 spiro atoms. The third kappa shape index (κ3) is 4.05. The maximum atomic E-state index is 5.12. The molecule has 4 aromatic carbocycles. The van der Waals surface area contributed by atoms with E-state index in [0.29, 0.717) is 0 Å². The van der Waals surface area contributed by atoms with Crippen LogP contribution in [0.15, 0.2) is 146 Å². The number of hydrogen-bond donors (Lipinski definition) is 0. The minimum atomic E-state index is 0.845. The van der Waals surface area contributed by atoms with Gasteiger partial charge < -0.3 is 4.57 Å². The van der Waals surface area contributed by atoms with E-state index in [-0.39, 0.29) is 0 Å². The molecule has 4 aromatic heterocycles. The molecule has 0 amide bonds. The van der Waals surface area contributed by atoms with E-state index in [1.54, 1.807) is 0 Å². The fourth-order valence-corrected chi connectivity index (χ4v) is 5.73. The first-order valence-electron chi connectivity index (χ1n) is 13.7. The molecule has 4 heterocycles. The standard InChI is InChI=1S/C37H24N4/c1-2-10-26-21-27(18-17-25(26)9-1)29-23-33(40-34(24-29)32-14-5-6-19-38-32)28-11-7-12-30(22-28)41-35-15-4-3-13-31(35)37-36(41)16-8-20-39-37/h1-24H. The van der Waals surface area contributed by atoms with Gasteiger partial charge in [-0.2, -0.15) is 0 Å². The van der Waals surface area contributed by atoms with Crippen molar-refractivity contribution < 1.29 is 0 Å². The number of pyridine rings is 3. The molecule has 4 heteroatoms. The van der Waals surface area contributed by atoms with Crippen molar-refractivity contribution in [1.29, 1.82) is 0 Å². The van der Waals surface area contributed by atoms with Crippen LogP contribution in [0.25, 0.3) is 72.2 Å². The van der Waals surface area contributed by atoms with Crippen LogP contribution in [0, 0.1) is 0 Å². The second-order valence-electron chi connectivity index (χ2n) is 10.2. The fraction of sp³-hybridized carbons (Fsp3) is 0. The lowest BCUT2D eigenvalue weighted by atomic mass is 9.98. The number of aromatic nitrogens is 4. The molecule has 0 aliphatic heterocycles. The second kappa shape index (κ2) is 9.54. The van der Waals surface area contributed by atoms with Crippen molar-refractivity contribution in [2.75, 3.05) is 0 Å². The van der Waals surface area contributed by atoms with Gasteiger partial charge in [-0.05, 0) is 82.6 Å². The molecule has 0 aliphatic rings. The molecule has 0 radical (unpaired) electrons. The summed E-state index contributed by atoms with van der Waals surface area (Å²) in [5, 5.41) is 3.58. The summed E-state index contributed by atoms with van der Waals surface area (Å²) in [6, 6.07) is 46.5. The molecule has 8 rings (SSSR count). The van der Waals surface area contributed by atoms with E-state index >= 15 is 0 Å². The Morgan fingerprint density at radius 1 is 0.439 bits per heavy atom. The van der Waals surface area contributed by atoms with Crippen LogP contribution in [0.2, 0.25) is 0 Å². The average molecular weight is 525 g/mol. The summed E-state index contributed by atoms with van der Waals surface area (Å²) in [5.74, 6) is 0. The van der Waals surface area contributed by atoms with E-state index in [2.05, 4.69) is 119 Å². The molecular formula is C37H24N4. The molecule has 0 saturated heterocycles. The number of hydrogen-bond acceptors (Lipinski definition) is 3. The van der Waals surface area contributed by atoms with Crippen molar-refractivity contribution in [3.05, 3.63) is 146 Å². The van der Waals surface area contributed by atoms with Gasteiger partial charge in [0, 0.05) is 29.0 Å². The highest BCUT2D eigenvalue weighted by Gasteiger charge is 2.15. The Bertz CT molecular complexity index is 2160. The first-order valence-corrected chi connectivity index (χ1v) is 13.7. The molecule has 0 fully saturated rings. The Balaban J connectivity index is 1.33. The summed E-state index contributed by atoms with van der Waals surface area (Å²) >= 11 is 0. The van der Waals surface area contributed by atoms with Crippen LogP contribution in [0.4, 0.5) is 0 Å². The van der Waals surface area contributed by atoms with E-state index < -0.39 is 0 Å². The third-order valence-corrected chi connectivity index (χ3v) is 7.66. The van der Waals surface area contributed by atoms with Crippen molar-refractivity contribution in [2.45, 2.75) is 0 Å². The summed E-state index contributed by atoms with van der Waals surface area (Å²) in [4.78, 5) is 14.5. The molecule has 41 heavy (non-hydrogen) atoms. The maximum absolute atomic E-state index is 5.12. The highest BCUT2D eigenvalue weighted by Crippen LogP contribution is 2.34. The van der Waals surface area contributed by atoms with Gasteiger partial charge in [0.15, 0.2) is 0 Å². The van der Waals surface area contributed by atoms with Gasteiger partial charge in [0.2, 0.25) is 0 Å². The minimum Gasteiger partial charge on any atom is -0.308 e. The molecule has 0 N–H and O–H groups in total. The Morgan fingerprint density at radius 2 is 1.24 bits per heavy atom. The van der Waals surface area contributed by atoms with E-state index in [1.165, 1.54) is 10.8 Å². The van der Waals surface area contributed by atoms with E-state index in [9.17, 15) is 0 Å². The van der Waals surface area contributed by atoms with Crippen LogP contribution in [0.5, 0.6) is 0 Å². The van der Waals surface area contributed by atoms with Crippen molar-refractivity contribution in [1.82, 2.24) is 19.5 Å². The van der Waals surface area contributed by atoms with Crippen LogP contribution in [0.3, 0.4) is 0 Å². The highest BCUT2D eigenvalue weighted by atomic mass is 15.0. The van der Waals surface area contributed by atoms with Gasteiger partial charge in [-0.25, -0.2) is 4.98 Å². The van der Waals surface area contributed by atoms with Crippen LogP contribution >= 0.6 is 0 Å². The predicted molar refractivity (Wildman–Crippen MR) is 168 cm³/mol. The Kier molecular flexibility index (Phi) is 5.42. The topological polar surface area (TPSA) is 43.6 Å². The molecular weight excluding hydrogens is 500 g/mol. The zero-order valence-electron chi connectivity index (χ0n) is 22.1. The maximum Gasteiger partial charge on any atom is 0.0963 e. The van der Waals surface area contributed by atoms with Crippen LogP contribution in [-0.4, -0.2) is 19.5 Å². The smallest absolute Gasteiger partial charge is 0.0963 e. The van der Waals surface area contributed by atoms with Gasteiger partial charge in [-0.3, -0.25) is 9.97 Å². The number of benzene rings is 4. The van der Waals surface area contributed by atoms with Gasteiger partial charge in [0.25, 0.3) is 0 Å². The van der Waals surface area contributed by atoms with E-state index in [4.69, 9.17) is 9.97 Å². The number of nitrogens with zero attached hydrogens (tertiary/aromatic N) is 4. The van der Waals surface area contributed by atoms with Crippen molar-refractivity contribution in [2.24, 2.45) is 0 Å². The van der Waals surface area contributed by atoms with Crippen LogP contribution < -0.4 is 0 Å². The largest absolute Gasteiger partial charge is 0.308 e. The van der Waals surface area contributed by atoms with Crippen molar-refractivity contribution in [3.63, 3.8) is 0 Å². The quantitative estimate of drug-likeness (QED) is 0.231. The summed E-state index contributed by atoms with van der Waals surface area (Å²) in [6.07, 6.45) is 3.67. The van der Waals surface area contributed by atoms with Gasteiger partial charge in [0.05, 0.1) is 33.6 Å². The Labute approximate surface area is 237 Å². The average Bonchev–Trinajstić information content (AvgIpc) is 3.39. The first kappa shape index (κ1) is 23.3. The first-order chi connectivity index (χ1) is 20.3. The normalized spacial score (nSPS) is 11.4. The van der Waals surface area contributed by atoms with Crippen LogP contribution in [0.1, 0.15) is 0 Å². The third-order valence-electron chi connectivity index (χ3n) is 7.66. The van der Waals surface area contributed by atoms with Gasteiger partial charge in [0.1, 0.15) is 0 Å². The lowest BCUT2D eigenvalue weighted by molar-refractivity contribution is 1.17. The SMILES string of the molecule is c1ccc(-c2cc(-c3ccc4ccccc4c3)cc(-c3cccc(-n4c5ccccc5c5ncccc54)c3)n2)nc1. The summed E-state index contributed by atoms with van der Waals surface area (Å²) in [6.45, 7) is 0. The molecule has 0 aliphatic carbocycles. The monoisotopic (exact) mass is 524 g/mol. The highest BCUT2D eigenvalue weighted by molar-refractivity contribution is 6.07. The molecule has 0 atom stereocenters. The summed E-state index contributed by atoms with van der Waals surface area (Å²) in [5.41, 5.74) is 10.2. The Morgan fingerprint density at radius 3 is 2.17 bits per heavy atom. The molecule has 0 bridgehead atoms. The number of para-hydroxylation sites is 1. The molecule has 0 unspecified atom stereocenters.